The average Bonchev–Trinajstić information content (AvgIpc) is 2.97. The number of hydrogen-bond acceptors (Lipinski definition) is 5. The standard InChI is InChI=1S/C21H21NO5/c1-4-21(2,20(25)27-13-14-9-11-15(26-3)12-10-14)22-18(23)16-7-5-6-8-17(16)19(22)24/h5-12H,4,13H2,1-3H3/t21-/m0/s1. The van der Waals surface area contributed by atoms with Gasteiger partial charge in [-0.1, -0.05) is 31.2 Å². The lowest BCUT2D eigenvalue weighted by atomic mass is 9.96. The van der Waals surface area contributed by atoms with Crippen LogP contribution in [0.4, 0.5) is 0 Å². The first-order valence-electron chi connectivity index (χ1n) is 8.70. The smallest absolute Gasteiger partial charge is 0.332 e. The number of rotatable bonds is 6. The van der Waals surface area contributed by atoms with E-state index in [1.165, 1.54) is 0 Å². The van der Waals surface area contributed by atoms with Gasteiger partial charge in [-0.25, -0.2) is 4.79 Å². The van der Waals surface area contributed by atoms with Crippen molar-refractivity contribution in [1.29, 1.82) is 0 Å². The Hall–Kier alpha value is -3.15. The first-order chi connectivity index (χ1) is 12.9. The summed E-state index contributed by atoms with van der Waals surface area (Å²) >= 11 is 0. The number of hydrogen-bond donors (Lipinski definition) is 0. The summed E-state index contributed by atoms with van der Waals surface area (Å²) in [7, 11) is 1.57. The minimum atomic E-state index is -1.38. The van der Waals surface area contributed by atoms with E-state index in [0.29, 0.717) is 16.9 Å². The van der Waals surface area contributed by atoms with E-state index in [0.717, 1.165) is 10.5 Å². The fraction of sp³-hybridized carbons (Fsp3) is 0.286. The van der Waals surface area contributed by atoms with Crippen LogP contribution in [-0.4, -0.2) is 35.3 Å². The van der Waals surface area contributed by atoms with Gasteiger partial charge in [0.05, 0.1) is 18.2 Å². The van der Waals surface area contributed by atoms with E-state index in [-0.39, 0.29) is 13.0 Å². The molecule has 27 heavy (non-hydrogen) atoms. The number of carbonyl (C=O) groups excluding carboxylic acids is 3. The van der Waals surface area contributed by atoms with E-state index in [1.54, 1.807) is 69.5 Å². The van der Waals surface area contributed by atoms with Gasteiger partial charge in [0, 0.05) is 0 Å². The Morgan fingerprint density at radius 3 is 2.04 bits per heavy atom. The van der Waals surface area contributed by atoms with Crippen LogP contribution < -0.4 is 4.74 Å². The molecule has 6 heteroatoms. The molecule has 1 aliphatic heterocycles. The van der Waals surface area contributed by atoms with Crippen LogP contribution in [0.3, 0.4) is 0 Å². The summed E-state index contributed by atoms with van der Waals surface area (Å²) in [5, 5.41) is 0. The quantitative estimate of drug-likeness (QED) is 0.579. The molecule has 3 rings (SSSR count). The van der Waals surface area contributed by atoms with Crippen molar-refractivity contribution < 1.29 is 23.9 Å². The molecule has 2 amide bonds. The number of nitrogens with zero attached hydrogens (tertiary/aromatic N) is 1. The van der Waals surface area contributed by atoms with E-state index in [2.05, 4.69) is 0 Å². The summed E-state index contributed by atoms with van der Waals surface area (Å²) in [4.78, 5) is 39.3. The van der Waals surface area contributed by atoms with Gasteiger partial charge in [-0.15, -0.1) is 0 Å². The molecule has 0 saturated carbocycles. The fourth-order valence-corrected chi connectivity index (χ4v) is 3.06. The van der Waals surface area contributed by atoms with Crippen LogP contribution in [-0.2, 0) is 16.1 Å². The van der Waals surface area contributed by atoms with E-state index in [9.17, 15) is 14.4 Å². The Morgan fingerprint density at radius 2 is 1.56 bits per heavy atom. The molecule has 0 fully saturated rings. The van der Waals surface area contributed by atoms with Crippen LogP contribution >= 0.6 is 0 Å². The summed E-state index contributed by atoms with van der Waals surface area (Å²) in [6.45, 7) is 3.35. The van der Waals surface area contributed by atoms with Crippen molar-refractivity contribution in [3.8, 4) is 5.75 Å². The third kappa shape index (κ3) is 3.18. The molecule has 0 spiro atoms. The number of carbonyl (C=O) groups is 3. The molecular weight excluding hydrogens is 346 g/mol. The molecule has 6 nitrogen and oxygen atoms in total. The molecule has 0 saturated heterocycles. The number of fused-ring (bicyclic) bond motifs is 1. The maximum Gasteiger partial charge on any atom is 0.332 e. The van der Waals surface area contributed by atoms with Crippen LogP contribution in [0, 0.1) is 0 Å². The van der Waals surface area contributed by atoms with Crippen LogP contribution in [0.1, 0.15) is 46.5 Å². The number of benzene rings is 2. The minimum Gasteiger partial charge on any atom is -0.497 e. The lowest BCUT2D eigenvalue weighted by Gasteiger charge is -2.34. The third-order valence-corrected chi connectivity index (χ3v) is 4.94. The van der Waals surface area contributed by atoms with E-state index < -0.39 is 23.3 Å². The van der Waals surface area contributed by atoms with Crippen molar-refractivity contribution in [3.05, 3.63) is 65.2 Å². The van der Waals surface area contributed by atoms with Crippen molar-refractivity contribution in [1.82, 2.24) is 4.90 Å². The molecule has 140 valence electrons. The normalized spacial score (nSPS) is 15.3. The highest BCUT2D eigenvalue weighted by Crippen LogP contribution is 2.32. The Morgan fingerprint density at radius 1 is 1.00 bits per heavy atom. The summed E-state index contributed by atoms with van der Waals surface area (Å²) < 4.78 is 10.5. The Bertz CT molecular complexity index is 855. The van der Waals surface area contributed by atoms with Gasteiger partial charge in [0.1, 0.15) is 17.9 Å². The first kappa shape index (κ1) is 18.6. The highest BCUT2D eigenvalue weighted by atomic mass is 16.5. The zero-order chi connectivity index (χ0) is 19.6. The zero-order valence-electron chi connectivity index (χ0n) is 15.5. The molecule has 0 radical (unpaired) electrons. The molecular formula is C21H21NO5. The summed E-state index contributed by atoms with van der Waals surface area (Å²) in [6.07, 6.45) is 0.250. The van der Waals surface area contributed by atoms with Crippen molar-refractivity contribution in [2.45, 2.75) is 32.4 Å². The number of esters is 1. The van der Waals surface area contributed by atoms with Crippen LogP contribution in [0.15, 0.2) is 48.5 Å². The predicted octanol–water partition coefficient (Wildman–Crippen LogP) is 3.20. The molecule has 0 unspecified atom stereocenters. The maximum atomic E-state index is 12.8. The van der Waals surface area contributed by atoms with E-state index >= 15 is 0 Å². The minimum absolute atomic E-state index is 0.0432. The fourth-order valence-electron chi connectivity index (χ4n) is 3.06. The summed E-state index contributed by atoms with van der Waals surface area (Å²) in [5.41, 5.74) is 0.0276. The zero-order valence-corrected chi connectivity index (χ0v) is 15.5. The monoisotopic (exact) mass is 367 g/mol. The van der Waals surface area contributed by atoms with Crippen molar-refractivity contribution >= 4 is 17.8 Å². The second-order valence-corrected chi connectivity index (χ2v) is 6.54. The second-order valence-electron chi connectivity index (χ2n) is 6.54. The largest absolute Gasteiger partial charge is 0.497 e. The molecule has 0 aromatic heterocycles. The van der Waals surface area contributed by atoms with Crippen molar-refractivity contribution in [3.63, 3.8) is 0 Å². The van der Waals surface area contributed by atoms with Crippen molar-refractivity contribution in [2.24, 2.45) is 0 Å². The lowest BCUT2D eigenvalue weighted by molar-refractivity contribution is -0.156. The van der Waals surface area contributed by atoms with Gasteiger partial charge >= 0.3 is 5.97 Å². The molecule has 0 bridgehead atoms. The Labute approximate surface area is 157 Å². The Kier molecular flexibility index (Phi) is 4.99. The highest BCUT2D eigenvalue weighted by molar-refractivity contribution is 6.23. The predicted molar refractivity (Wildman–Crippen MR) is 98.4 cm³/mol. The van der Waals surface area contributed by atoms with E-state index in [1.807, 2.05) is 0 Å². The average molecular weight is 367 g/mol. The molecule has 1 heterocycles. The van der Waals surface area contributed by atoms with Gasteiger partial charge in [-0.2, -0.15) is 0 Å². The Balaban J connectivity index is 1.79. The van der Waals surface area contributed by atoms with Crippen LogP contribution in [0.25, 0.3) is 0 Å². The van der Waals surface area contributed by atoms with Gasteiger partial charge in [0.25, 0.3) is 11.8 Å². The van der Waals surface area contributed by atoms with Gasteiger partial charge < -0.3 is 9.47 Å². The first-order valence-corrected chi connectivity index (χ1v) is 8.70. The van der Waals surface area contributed by atoms with Crippen LogP contribution in [0.5, 0.6) is 5.75 Å². The number of amides is 2. The second kappa shape index (κ2) is 7.23. The number of imide groups is 1. The molecule has 0 N–H and O–H groups in total. The highest BCUT2D eigenvalue weighted by Gasteiger charge is 2.50. The molecule has 0 aliphatic carbocycles. The van der Waals surface area contributed by atoms with Gasteiger partial charge in [0.2, 0.25) is 0 Å². The van der Waals surface area contributed by atoms with Gasteiger partial charge in [-0.05, 0) is 43.2 Å². The maximum absolute atomic E-state index is 12.8. The number of ether oxygens (including phenoxy) is 2. The molecule has 2 aromatic carbocycles. The SMILES string of the molecule is CC[C@@](C)(C(=O)OCc1ccc(OC)cc1)N1C(=O)c2ccccc2C1=O. The lowest BCUT2D eigenvalue weighted by Crippen LogP contribution is -2.55. The summed E-state index contributed by atoms with van der Waals surface area (Å²) in [6, 6.07) is 13.7. The molecule has 2 aromatic rings. The van der Waals surface area contributed by atoms with Gasteiger partial charge in [0.15, 0.2) is 0 Å². The van der Waals surface area contributed by atoms with Gasteiger partial charge in [-0.3, -0.25) is 14.5 Å². The van der Waals surface area contributed by atoms with Crippen LogP contribution in [0.2, 0.25) is 0 Å². The third-order valence-electron chi connectivity index (χ3n) is 4.94. The molecule has 1 aliphatic rings. The van der Waals surface area contributed by atoms with Crippen molar-refractivity contribution in [2.75, 3.05) is 7.11 Å². The molecule has 1 atom stereocenters. The number of methoxy groups -OCH3 is 1. The van der Waals surface area contributed by atoms with E-state index in [4.69, 9.17) is 9.47 Å². The topological polar surface area (TPSA) is 72.9 Å². The summed E-state index contributed by atoms with van der Waals surface area (Å²) in [5.74, 6) is -0.854.